The number of amides is 1. The van der Waals surface area contributed by atoms with Crippen molar-refractivity contribution in [1.29, 1.82) is 0 Å². The Morgan fingerprint density at radius 1 is 1.50 bits per heavy atom. The van der Waals surface area contributed by atoms with Crippen LogP contribution >= 0.6 is 11.3 Å². The van der Waals surface area contributed by atoms with Crippen molar-refractivity contribution in [2.24, 2.45) is 0 Å². The molecule has 1 saturated heterocycles. The summed E-state index contributed by atoms with van der Waals surface area (Å²) >= 11 is 1.35. The number of aromatic nitrogens is 4. The number of nitrogens with zero attached hydrogens (tertiary/aromatic N) is 4. The topological polar surface area (TPSA) is 86.8 Å². The molecular formula is C16H24N6OS. The van der Waals surface area contributed by atoms with E-state index in [0.717, 1.165) is 18.8 Å². The van der Waals surface area contributed by atoms with Crippen LogP contribution in [0.4, 0.5) is 0 Å². The van der Waals surface area contributed by atoms with Crippen LogP contribution in [0.15, 0.2) is 6.33 Å². The Hall–Kier alpha value is -1.80. The Labute approximate surface area is 145 Å². The van der Waals surface area contributed by atoms with Gasteiger partial charge in [-0.1, -0.05) is 13.3 Å². The molecule has 0 radical (unpaired) electrons. The average molecular weight is 348 g/mol. The molecule has 2 aromatic heterocycles. The molecule has 130 valence electrons. The molecule has 7 nitrogen and oxygen atoms in total. The smallest absolute Gasteiger partial charge is 0.263 e. The van der Waals surface area contributed by atoms with Gasteiger partial charge in [0.05, 0.1) is 5.69 Å². The van der Waals surface area contributed by atoms with Gasteiger partial charge in [0.25, 0.3) is 5.91 Å². The van der Waals surface area contributed by atoms with E-state index >= 15 is 0 Å². The maximum atomic E-state index is 12.4. The molecule has 1 atom stereocenters. The highest BCUT2D eigenvalue weighted by Crippen LogP contribution is 2.25. The van der Waals surface area contributed by atoms with Crippen LogP contribution in [0.5, 0.6) is 0 Å². The number of nitrogens with one attached hydrogen (secondary N) is 2. The summed E-state index contributed by atoms with van der Waals surface area (Å²) in [7, 11) is 0. The third-order valence-electron chi connectivity index (χ3n) is 4.53. The van der Waals surface area contributed by atoms with Crippen LogP contribution in [-0.4, -0.2) is 56.6 Å². The number of rotatable bonds is 6. The van der Waals surface area contributed by atoms with Crippen molar-refractivity contribution in [1.82, 2.24) is 30.4 Å². The van der Waals surface area contributed by atoms with E-state index in [0.29, 0.717) is 28.3 Å². The van der Waals surface area contributed by atoms with Gasteiger partial charge >= 0.3 is 0 Å². The lowest BCUT2D eigenvalue weighted by Gasteiger charge is -2.35. The zero-order valence-corrected chi connectivity index (χ0v) is 15.0. The Morgan fingerprint density at radius 2 is 2.38 bits per heavy atom. The predicted octanol–water partition coefficient (Wildman–Crippen LogP) is 2.23. The quantitative estimate of drug-likeness (QED) is 0.836. The van der Waals surface area contributed by atoms with Gasteiger partial charge in [-0.15, -0.1) is 11.3 Å². The molecule has 1 aliphatic rings. The van der Waals surface area contributed by atoms with Crippen molar-refractivity contribution in [3.63, 3.8) is 0 Å². The second kappa shape index (κ2) is 7.85. The molecule has 24 heavy (non-hydrogen) atoms. The Morgan fingerprint density at radius 3 is 3.12 bits per heavy atom. The summed E-state index contributed by atoms with van der Waals surface area (Å²) < 4.78 is 0. The minimum atomic E-state index is -0.0548. The standard InChI is InChI=1S/C16H24N6OS/c1-3-12-6-4-5-8-22(12)9-7-17-15(23)13-11(2)20-16(24-13)14-18-10-19-21-14/h10,12H,3-9H2,1-2H3,(H,17,23)(H,18,19,21). The molecule has 0 bridgehead atoms. The van der Waals surface area contributed by atoms with E-state index in [1.54, 1.807) is 0 Å². The first-order chi connectivity index (χ1) is 11.7. The van der Waals surface area contributed by atoms with Crippen molar-refractivity contribution in [2.45, 2.75) is 45.6 Å². The number of H-pyrrole nitrogens is 1. The number of piperidine rings is 1. The fourth-order valence-electron chi connectivity index (χ4n) is 3.23. The summed E-state index contributed by atoms with van der Waals surface area (Å²) in [5.41, 5.74) is 0.730. The van der Waals surface area contributed by atoms with Gasteiger partial charge in [-0.2, -0.15) is 5.10 Å². The lowest BCUT2D eigenvalue weighted by Crippen LogP contribution is -2.43. The molecule has 3 rings (SSSR count). The van der Waals surface area contributed by atoms with E-state index in [4.69, 9.17) is 0 Å². The minimum Gasteiger partial charge on any atom is -0.350 e. The fourth-order valence-corrected chi connectivity index (χ4v) is 4.16. The van der Waals surface area contributed by atoms with Crippen LogP contribution in [0, 0.1) is 6.92 Å². The molecule has 0 aromatic carbocycles. The monoisotopic (exact) mass is 348 g/mol. The molecule has 2 N–H and O–H groups in total. The average Bonchev–Trinajstić information content (AvgIpc) is 3.24. The first kappa shape index (κ1) is 17.0. The number of carbonyl (C=O) groups excluding carboxylic acids is 1. The number of hydrogen-bond donors (Lipinski definition) is 2. The van der Waals surface area contributed by atoms with Gasteiger partial charge in [-0.25, -0.2) is 9.97 Å². The summed E-state index contributed by atoms with van der Waals surface area (Å²) in [4.78, 5) is 24.1. The summed E-state index contributed by atoms with van der Waals surface area (Å²) in [6.07, 6.45) is 6.49. The van der Waals surface area contributed by atoms with Crippen LogP contribution in [0.1, 0.15) is 48.0 Å². The zero-order valence-electron chi connectivity index (χ0n) is 14.2. The zero-order chi connectivity index (χ0) is 16.9. The van der Waals surface area contributed by atoms with E-state index in [2.05, 4.69) is 37.3 Å². The molecule has 0 spiro atoms. The van der Waals surface area contributed by atoms with Gasteiger partial charge < -0.3 is 5.32 Å². The molecular weight excluding hydrogens is 324 g/mol. The summed E-state index contributed by atoms with van der Waals surface area (Å²) in [6, 6.07) is 0.666. The maximum Gasteiger partial charge on any atom is 0.263 e. The Balaban J connectivity index is 1.55. The lowest BCUT2D eigenvalue weighted by molar-refractivity contribution is 0.0937. The van der Waals surface area contributed by atoms with Gasteiger partial charge in [-0.05, 0) is 32.7 Å². The molecule has 1 aliphatic heterocycles. The highest BCUT2D eigenvalue weighted by molar-refractivity contribution is 7.17. The van der Waals surface area contributed by atoms with Gasteiger partial charge in [0.1, 0.15) is 11.2 Å². The summed E-state index contributed by atoms with van der Waals surface area (Å²) in [5.74, 6) is 0.544. The highest BCUT2D eigenvalue weighted by Gasteiger charge is 2.21. The van der Waals surface area contributed by atoms with Gasteiger partial charge in [0, 0.05) is 19.1 Å². The molecule has 1 unspecified atom stereocenters. The van der Waals surface area contributed by atoms with Crippen molar-refractivity contribution in [3.05, 3.63) is 16.9 Å². The summed E-state index contributed by atoms with van der Waals surface area (Å²) in [5, 5.41) is 10.3. The van der Waals surface area contributed by atoms with Crippen molar-refractivity contribution in [2.75, 3.05) is 19.6 Å². The lowest BCUT2D eigenvalue weighted by atomic mass is 10.0. The van der Waals surface area contributed by atoms with Crippen molar-refractivity contribution in [3.8, 4) is 10.8 Å². The molecule has 8 heteroatoms. The third-order valence-corrected chi connectivity index (χ3v) is 5.69. The first-order valence-corrected chi connectivity index (χ1v) is 9.36. The van der Waals surface area contributed by atoms with Crippen LogP contribution in [0.2, 0.25) is 0 Å². The molecule has 1 amide bonds. The van der Waals surface area contributed by atoms with Gasteiger partial charge in [0.2, 0.25) is 0 Å². The highest BCUT2D eigenvalue weighted by atomic mass is 32.1. The largest absolute Gasteiger partial charge is 0.350 e. The molecule has 1 fully saturated rings. The van der Waals surface area contributed by atoms with E-state index < -0.39 is 0 Å². The van der Waals surface area contributed by atoms with Crippen molar-refractivity contribution < 1.29 is 4.79 Å². The fraction of sp³-hybridized carbons (Fsp3) is 0.625. The van der Waals surface area contributed by atoms with E-state index in [9.17, 15) is 4.79 Å². The molecule has 0 saturated carbocycles. The predicted molar refractivity (Wildman–Crippen MR) is 94.1 cm³/mol. The first-order valence-electron chi connectivity index (χ1n) is 8.54. The summed E-state index contributed by atoms with van der Waals surface area (Å²) in [6.45, 7) is 6.82. The molecule has 2 aromatic rings. The maximum absolute atomic E-state index is 12.4. The minimum absolute atomic E-state index is 0.0548. The number of hydrogen-bond acceptors (Lipinski definition) is 6. The Bertz CT molecular complexity index is 668. The van der Waals surface area contributed by atoms with Crippen LogP contribution < -0.4 is 5.32 Å². The van der Waals surface area contributed by atoms with E-state index in [1.807, 2.05) is 6.92 Å². The van der Waals surface area contributed by atoms with Gasteiger partial charge in [0.15, 0.2) is 10.8 Å². The van der Waals surface area contributed by atoms with Crippen LogP contribution in [-0.2, 0) is 0 Å². The molecule has 3 heterocycles. The normalized spacial score (nSPS) is 18.7. The van der Waals surface area contributed by atoms with E-state index in [-0.39, 0.29) is 5.91 Å². The number of aryl methyl sites for hydroxylation is 1. The number of likely N-dealkylation sites (tertiary alicyclic amines) is 1. The Kier molecular flexibility index (Phi) is 5.57. The van der Waals surface area contributed by atoms with Crippen molar-refractivity contribution >= 4 is 17.2 Å². The van der Waals surface area contributed by atoms with E-state index in [1.165, 1.54) is 43.3 Å². The molecule has 0 aliphatic carbocycles. The second-order valence-electron chi connectivity index (χ2n) is 6.12. The number of carbonyl (C=O) groups is 1. The number of thiazole rings is 1. The van der Waals surface area contributed by atoms with Crippen LogP contribution in [0.3, 0.4) is 0 Å². The third kappa shape index (κ3) is 3.81. The second-order valence-corrected chi connectivity index (χ2v) is 7.12. The van der Waals surface area contributed by atoms with Crippen LogP contribution in [0.25, 0.3) is 10.8 Å². The SMILES string of the molecule is CCC1CCCCN1CCNC(=O)c1sc(-c2ncn[nH]2)nc1C. The number of aromatic amines is 1. The van der Waals surface area contributed by atoms with Gasteiger partial charge in [-0.3, -0.25) is 14.8 Å².